The Kier molecular flexibility index (Phi) is 10.1. The third-order valence-electron chi connectivity index (χ3n) is 3.88. The third-order valence-corrected chi connectivity index (χ3v) is 4.90. The van der Waals surface area contributed by atoms with Gasteiger partial charge in [0.1, 0.15) is 0 Å². The molecule has 0 spiro atoms. The highest BCUT2D eigenvalue weighted by Gasteiger charge is 2.14. The lowest BCUT2D eigenvalue weighted by atomic mass is 10.3. The molecule has 0 saturated heterocycles. The predicted octanol–water partition coefficient (Wildman–Crippen LogP) is 3.69. The van der Waals surface area contributed by atoms with Crippen molar-refractivity contribution in [2.45, 2.75) is 51.7 Å². The predicted molar refractivity (Wildman–Crippen MR) is 105 cm³/mol. The molecule has 2 rings (SSSR count). The number of nitrogens with zero attached hydrogens (tertiary/aromatic N) is 1. The lowest BCUT2D eigenvalue weighted by Crippen LogP contribution is -2.37. The second-order valence-electron chi connectivity index (χ2n) is 5.51. The van der Waals surface area contributed by atoms with E-state index in [0.29, 0.717) is 6.10 Å². The van der Waals surface area contributed by atoms with Crippen LogP contribution in [-0.2, 0) is 11.3 Å². The maximum atomic E-state index is 5.85. The van der Waals surface area contributed by atoms with E-state index < -0.39 is 0 Å². The molecule has 1 fully saturated rings. The van der Waals surface area contributed by atoms with Gasteiger partial charge in [-0.1, -0.05) is 12.8 Å². The van der Waals surface area contributed by atoms with Gasteiger partial charge in [-0.3, -0.25) is 4.99 Å². The molecule has 0 aromatic carbocycles. The molecule has 1 aliphatic carbocycles. The summed E-state index contributed by atoms with van der Waals surface area (Å²) in [5.74, 6) is 0.865. The first-order valence-corrected chi connectivity index (χ1v) is 8.76. The number of hydrogen-bond donors (Lipinski definition) is 2. The van der Waals surface area contributed by atoms with Crippen LogP contribution < -0.4 is 10.6 Å². The molecule has 1 heterocycles. The molecular formula is C16H28IN3OS. The van der Waals surface area contributed by atoms with E-state index in [-0.39, 0.29) is 24.0 Å². The fraction of sp³-hybridized carbons (Fsp3) is 0.688. The standard InChI is InChI=1S/C16H27N3OS.HI/c1-13-8-11-21-15(13)12-19-16(17-2)18-9-5-10-20-14-6-3-4-7-14;/h8,11,14H,3-7,9-10,12H2,1-2H3,(H2,17,18,19);1H. The summed E-state index contributed by atoms with van der Waals surface area (Å²) in [6, 6.07) is 2.15. The second kappa shape index (κ2) is 11.2. The smallest absolute Gasteiger partial charge is 0.191 e. The molecule has 126 valence electrons. The number of nitrogens with one attached hydrogen (secondary N) is 2. The van der Waals surface area contributed by atoms with Crippen molar-refractivity contribution in [1.82, 2.24) is 10.6 Å². The summed E-state index contributed by atoms with van der Waals surface area (Å²) >= 11 is 1.78. The van der Waals surface area contributed by atoms with Crippen LogP contribution in [-0.4, -0.2) is 32.3 Å². The lowest BCUT2D eigenvalue weighted by Gasteiger charge is -2.13. The summed E-state index contributed by atoms with van der Waals surface area (Å²) in [5.41, 5.74) is 1.34. The van der Waals surface area contributed by atoms with Crippen molar-refractivity contribution in [1.29, 1.82) is 0 Å². The minimum atomic E-state index is 0. The Morgan fingerprint density at radius 1 is 1.36 bits per heavy atom. The molecule has 1 aromatic heterocycles. The number of guanidine groups is 1. The molecule has 1 aliphatic rings. The van der Waals surface area contributed by atoms with Crippen molar-refractivity contribution in [2.24, 2.45) is 4.99 Å². The molecule has 0 atom stereocenters. The number of aliphatic imine (C=N–C) groups is 1. The van der Waals surface area contributed by atoms with Crippen molar-refractivity contribution < 1.29 is 4.74 Å². The number of aryl methyl sites for hydroxylation is 1. The van der Waals surface area contributed by atoms with Crippen LogP contribution in [0.5, 0.6) is 0 Å². The summed E-state index contributed by atoms with van der Waals surface area (Å²) in [6.45, 7) is 4.72. The monoisotopic (exact) mass is 437 g/mol. The van der Waals surface area contributed by atoms with Gasteiger partial charge in [0.15, 0.2) is 5.96 Å². The van der Waals surface area contributed by atoms with Crippen LogP contribution in [0.4, 0.5) is 0 Å². The molecule has 0 unspecified atom stereocenters. The number of halogens is 1. The van der Waals surface area contributed by atoms with Crippen molar-refractivity contribution in [3.05, 3.63) is 21.9 Å². The van der Waals surface area contributed by atoms with Crippen molar-refractivity contribution in [3.63, 3.8) is 0 Å². The quantitative estimate of drug-likeness (QED) is 0.296. The molecule has 0 radical (unpaired) electrons. The van der Waals surface area contributed by atoms with E-state index >= 15 is 0 Å². The van der Waals surface area contributed by atoms with Crippen molar-refractivity contribution >= 4 is 41.3 Å². The Morgan fingerprint density at radius 2 is 2.14 bits per heavy atom. The molecule has 0 aliphatic heterocycles. The Hall–Kier alpha value is -0.340. The Bertz CT molecular complexity index is 444. The number of hydrogen-bond acceptors (Lipinski definition) is 3. The highest BCUT2D eigenvalue weighted by molar-refractivity contribution is 14.0. The Labute approximate surface area is 155 Å². The highest BCUT2D eigenvalue weighted by atomic mass is 127. The zero-order valence-electron chi connectivity index (χ0n) is 13.6. The zero-order valence-corrected chi connectivity index (χ0v) is 16.7. The first-order chi connectivity index (χ1) is 10.3. The van der Waals surface area contributed by atoms with E-state index in [0.717, 1.165) is 32.1 Å². The van der Waals surface area contributed by atoms with Gasteiger partial charge in [-0.25, -0.2) is 0 Å². The van der Waals surface area contributed by atoms with Gasteiger partial charge in [-0.15, -0.1) is 35.3 Å². The Morgan fingerprint density at radius 3 is 2.77 bits per heavy atom. The number of thiophene rings is 1. The van der Waals surface area contributed by atoms with Gasteiger partial charge in [-0.2, -0.15) is 0 Å². The molecule has 2 N–H and O–H groups in total. The van der Waals surface area contributed by atoms with E-state index in [1.54, 1.807) is 11.3 Å². The molecule has 0 amide bonds. The maximum absolute atomic E-state index is 5.85. The van der Waals surface area contributed by atoms with E-state index in [1.807, 2.05) is 7.05 Å². The SMILES string of the molecule is CN=C(NCCCOC1CCCC1)NCc1sccc1C.I. The molecule has 1 saturated carbocycles. The van der Waals surface area contributed by atoms with Crippen LogP contribution in [0.3, 0.4) is 0 Å². The van der Waals surface area contributed by atoms with Gasteiger partial charge >= 0.3 is 0 Å². The summed E-state index contributed by atoms with van der Waals surface area (Å²) in [7, 11) is 1.81. The van der Waals surface area contributed by atoms with Gasteiger partial charge in [0.2, 0.25) is 0 Å². The first-order valence-electron chi connectivity index (χ1n) is 7.88. The largest absolute Gasteiger partial charge is 0.378 e. The third kappa shape index (κ3) is 6.83. The summed E-state index contributed by atoms with van der Waals surface area (Å²) in [6.07, 6.45) is 6.70. The molecular weight excluding hydrogens is 409 g/mol. The van der Waals surface area contributed by atoms with Gasteiger partial charge in [0, 0.05) is 25.1 Å². The molecule has 22 heavy (non-hydrogen) atoms. The van der Waals surface area contributed by atoms with Crippen molar-refractivity contribution in [2.75, 3.05) is 20.2 Å². The number of ether oxygens (including phenoxy) is 1. The summed E-state index contributed by atoms with van der Waals surface area (Å²) < 4.78 is 5.85. The normalized spacial score (nSPS) is 15.6. The van der Waals surface area contributed by atoms with E-state index in [2.05, 4.69) is 34.0 Å². The highest BCUT2D eigenvalue weighted by Crippen LogP contribution is 2.20. The van der Waals surface area contributed by atoms with E-state index in [1.165, 1.54) is 36.1 Å². The van der Waals surface area contributed by atoms with Gasteiger partial charge < -0.3 is 15.4 Å². The van der Waals surface area contributed by atoms with Crippen LogP contribution in [0.1, 0.15) is 42.5 Å². The topological polar surface area (TPSA) is 45.7 Å². The summed E-state index contributed by atoms with van der Waals surface area (Å²) in [5, 5.41) is 8.82. The average Bonchev–Trinajstić information content (AvgIpc) is 3.14. The second-order valence-corrected chi connectivity index (χ2v) is 6.51. The minimum Gasteiger partial charge on any atom is -0.378 e. The fourth-order valence-electron chi connectivity index (χ4n) is 2.55. The molecule has 1 aromatic rings. The van der Waals surface area contributed by atoms with Crippen LogP contribution in [0.25, 0.3) is 0 Å². The zero-order chi connectivity index (χ0) is 14.9. The first kappa shape index (κ1) is 19.7. The van der Waals surface area contributed by atoms with Crippen molar-refractivity contribution in [3.8, 4) is 0 Å². The van der Waals surface area contributed by atoms with Crippen LogP contribution >= 0.6 is 35.3 Å². The van der Waals surface area contributed by atoms with Crippen LogP contribution in [0.15, 0.2) is 16.4 Å². The van der Waals surface area contributed by atoms with E-state index in [9.17, 15) is 0 Å². The van der Waals surface area contributed by atoms with Crippen LogP contribution in [0.2, 0.25) is 0 Å². The molecule has 6 heteroatoms. The fourth-order valence-corrected chi connectivity index (χ4v) is 3.40. The summed E-state index contributed by atoms with van der Waals surface area (Å²) in [4.78, 5) is 5.61. The molecule has 4 nitrogen and oxygen atoms in total. The van der Waals surface area contributed by atoms with Gasteiger partial charge in [0.05, 0.1) is 12.6 Å². The lowest BCUT2D eigenvalue weighted by molar-refractivity contribution is 0.0574. The van der Waals surface area contributed by atoms with Gasteiger partial charge in [0.25, 0.3) is 0 Å². The average molecular weight is 437 g/mol. The van der Waals surface area contributed by atoms with E-state index in [4.69, 9.17) is 4.74 Å². The Balaban J connectivity index is 0.00000242. The van der Waals surface area contributed by atoms with Gasteiger partial charge in [-0.05, 0) is 43.2 Å². The maximum Gasteiger partial charge on any atom is 0.191 e. The molecule has 0 bridgehead atoms. The minimum absolute atomic E-state index is 0. The van der Waals surface area contributed by atoms with Crippen LogP contribution in [0, 0.1) is 6.92 Å². The number of rotatable bonds is 7.